The van der Waals surface area contributed by atoms with Crippen LogP contribution >= 0.6 is 0 Å². The van der Waals surface area contributed by atoms with Gasteiger partial charge in [-0.2, -0.15) is 0 Å². The van der Waals surface area contributed by atoms with Crippen molar-refractivity contribution in [2.45, 2.75) is 0 Å². The Morgan fingerprint density at radius 2 is 1.32 bits per heavy atom. The molecule has 0 amide bonds. The van der Waals surface area contributed by atoms with Crippen LogP contribution in [0.4, 0.5) is 11.5 Å². The van der Waals surface area contributed by atoms with Gasteiger partial charge in [-0.25, -0.2) is 4.98 Å². The lowest BCUT2D eigenvalue weighted by Crippen LogP contribution is -1.94. The van der Waals surface area contributed by atoms with E-state index in [0.717, 1.165) is 33.3 Å². The molecule has 5 aromatic rings. The number of hydrogen-bond donors (Lipinski definition) is 1. The van der Waals surface area contributed by atoms with Crippen LogP contribution in [0.3, 0.4) is 0 Å². The summed E-state index contributed by atoms with van der Waals surface area (Å²) in [5.74, 6) is 0.820. The van der Waals surface area contributed by atoms with E-state index in [1.165, 1.54) is 10.8 Å². The number of anilines is 2. The van der Waals surface area contributed by atoms with Crippen molar-refractivity contribution >= 4 is 44.1 Å². The van der Waals surface area contributed by atoms with E-state index in [4.69, 9.17) is 4.98 Å². The fraction of sp³-hybridized carbons (Fsp3) is 0. The summed E-state index contributed by atoms with van der Waals surface area (Å²) in [6.45, 7) is 0. The van der Waals surface area contributed by atoms with E-state index in [1.807, 2.05) is 18.3 Å². The molecule has 0 radical (unpaired) electrons. The Morgan fingerprint density at radius 3 is 2.24 bits per heavy atom. The van der Waals surface area contributed by atoms with Crippen LogP contribution in [0.1, 0.15) is 0 Å². The minimum atomic E-state index is 0.820. The van der Waals surface area contributed by atoms with Gasteiger partial charge >= 0.3 is 0 Å². The molecule has 3 nitrogen and oxygen atoms in total. The van der Waals surface area contributed by atoms with Crippen molar-refractivity contribution in [2.75, 3.05) is 5.32 Å². The van der Waals surface area contributed by atoms with Gasteiger partial charge in [-0.3, -0.25) is 4.98 Å². The third-order valence-corrected chi connectivity index (χ3v) is 4.45. The number of fused-ring (bicyclic) bond motifs is 4. The van der Waals surface area contributed by atoms with Crippen molar-refractivity contribution in [3.8, 4) is 0 Å². The summed E-state index contributed by atoms with van der Waals surface area (Å²) < 4.78 is 0. The molecule has 118 valence electrons. The minimum absolute atomic E-state index is 0.820. The predicted molar refractivity (Wildman–Crippen MR) is 104 cm³/mol. The lowest BCUT2D eigenvalue weighted by Gasteiger charge is -2.09. The molecule has 3 aromatic carbocycles. The third-order valence-electron chi connectivity index (χ3n) is 4.45. The Bertz CT molecular complexity index is 1230. The zero-order valence-electron chi connectivity index (χ0n) is 13.5. The molecule has 0 aliphatic rings. The quantitative estimate of drug-likeness (QED) is 0.425. The molecule has 0 saturated carbocycles. The minimum Gasteiger partial charge on any atom is -0.340 e. The molecule has 5 rings (SSSR count). The van der Waals surface area contributed by atoms with Crippen molar-refractivity contribution in [3.05, 3.63) is 85.1 Å². The zero-order chi connectivity index (χ0) is 16.6. The Labute approximate surface area is 145 Å². The number of pyridine rings is 2. The molecule has 2 heterocycles. The molecule has 0 saturated heterocycles. The first-order chi connectivity index (χ1) is 12.4. The van der Waals surface area contributed by atoms with Crippen LogP contribution in [0.5, 0.6) is 0 Å². The van der Waals surface area contributed by atoms with Crippen LogP contribution in [0.2, 0.25) is 0 Å². The van der Waals surface area contributed by atoms with Gasteiger partial charge < -0.3 is 5.32 Å². The van der Waals surface area contributed by atoms with Crippen LogP contribution in [0, 0.1) is 0 Å². The Kier molecular flexibility index (Phi) is 3.10. The van der Waals surface area contributed by atoms with Gasteiger partial charge in [-0.1, -0.05) is 48.5 Å². The Balaban J connectivity index is 1.60. The van der Waals surface area contributed by atoms with E-state index < -0.39 is 0 Å². The summed E-state index contributed by atoms with van der Waals surface area (Å²) in [5, 5.41) is 8.05. The van der Waals surface area contributed by atoms with Crippen molar-refractivity contribution in [3.63, 3.8) is 0 Å². The molecule has 0 aliphatic heterocycles. The topological polar surface area (TPSA) is 37.8 Å². The van der Waals surface area contributed by atoms with Gasteiger partial charge in [-0.05, 0) is 41.1 Å². The Morgan fingerprint density at radius 1 is 0.600 bits per heavy atom. The normalized spacial score (nSPS) is 11.2. The summed E-state index contributed by atoms with van der Waals surface area (Å²) in [5.41, 5.74) is 2.88. The summed E-state index contributed by atoms with van der Waals surface area (Å²) >= 11 is 0. The maximum atomic E-state index is 4.81. The first-order valence-electron chi connectivity index (χ1n) is 8.27. The molecule has 0 atom stereocenters. The van der Waals surface area contributed by atoms with Gasteiger partial charge in [0.25, 0.3) is 0 Å². The van der Waals surface area contributed by atoms with Crippen LogP contribution in [-0.4, -0.2) is 9.97 Å². The number of benzene rings is 3. The number of aromatic nitrogens is 2. The highest BCUT2D eigenvalue weighted by molar-refractivity contribution is 6.03. The molecule has 0 spiro atoms. The van der Waals surface area contributed by atoms with E-state index in [0.29, 0.717) is 0 Å². The summed E-state index contributed by atoms with van der Waals surface area (Å²) in [4.78, 5) is 9.31. The van der Waals surface area contributed by atoms with Crippen molar-refractivity contribution in [2.24, 2.45) is 0 Å². The fourth-order valence-corrected chi connectivity index (χ4v) is 3.21. The molecule has 2 aromatic heterocycles. The lowest BCUT2D eigenvalue weighted by atomic mass is 10.1. The van der Waals surface area contributed by atoms with E-state index in [-0.39, 0.29) is 0 Å². The molecule has 0 aliphatic carbocycles. The smallest absolute Gasteiger partial charge is 0.131 e. The zero-order valence-corrected chi connectivity index (χ0v) is 13.5. The van der Waals surface area contributed by atoms with Crippen molar-refractivity contribution in [1.29, 1.82) is 0 Å². The lowest BCUT2D eigenvalue weighted by molar-refractivity contribution is 1.36. The first kappa shape index (κ1) is 13.9. The number of rotatable bonds is 2. The molecule has 25 heavy (non-hydrogen) atoms. The van der Waals surface area contributed by atoms with Crippen molar-refractivity contribution < 1.29 is 0 Å². The third kappa shape index (κ3) is 2.46. The number of nitrogens with one attached hydrogen (secondary N) is 1. The second kappa shape index (κ2) is 5.56. The molecular weight excluding hydrogens is 306 g/mol. The average Bonchev–Trinajstić information content (AvgIpc) is 2.68. The van der Waals surface area contributed by atoms with Crippen LogP contribution in [-0.2, 0) is 0 Å². The maximum Gasteiger partial charge on any atom is 0.131 e. The van der Waals surface area contributed by atoms with E-state index in [9.17, 15) is 0 Å². The highest BCUT2D eigenvalue weighted by Crippen LogP contribution is 2.26. The molecular formula is C22H15N3. The maximum absolute atomic E-state index is 4.81. The molecule has 1 N–H and O–H groups in total. The number of hydrogen-bond acceptors (Lipinski definition) is 3. The van der Waals surface area contributed by atoms with E-state index in [1.54, 1.807) is 0 Å². The predicted octanol–water partition coefficient (Wildman–Crippen LogP) is 5.68. The van der Waals surface area contributed by atoms with Gasteiger partial charge in [0.2, 0.25) is 0 Å². The highest BCUT2D eigenvalue weighted by atomic mass is 15.0. The van der Waals surface area contributed by atoms with Crippen molar-refractivity contribution in [1.82, 2.24) is 9.97 Å². The Hall–Kier alpha value is -3.46. The van der Waals surface area contributed by atoms with E-state index in [2.05, 4.69) is 77.0 Å². The van der Waals surface area contributed by atoms with E-state index >= 15 is 0 Å². The number of nitrogens with zero attached hydrogens (tertiary/aromatic N) is 2. The summed E-state index contributed by atoms with van der Waals surface area (Å²) in [6, 6.07) is 27.0. The average molecular weight is 321 g/mol. The fourth-order valence-electron chi connectivity index (χ4n) is 3.21. The SMILES string of the molecule is c1ccc2cc(Nc3ccc4ccc5cccnc5c4n3)ccc2c1. The largest absolute Gasteiger partial charge is 0.340 e. The van der Waals surface area contributed by atoms with Crippen LogP contribution < -0.4 is 5.32 Å². The standard InChI is InChI=1S/C22H15N3/c1-2-5-18-14-19(11-9-15(18)4-1)24-20-12-10-17-8-7-16-6-3-13-23-21(16)22(17)25-20/h1-14H,(H,24,25). The summed E-state index contributed by atoms with van der Waals surface area (Å²) in [7, 11) is 0. The molecule has 0 bridgehead atoms. The summed E-state index contributed by atoms with van der Waals surface area (Å²) in [6.07, 6.45) is 1.81. The second-order valence-corrected chi connectivity index (χ2v) is 6.10. The first-order valence-corrected chi connectivity index (χ1v) is 8.27. The van der Waals surface area contributed by atoms with Gasteiger partial charge in [0.15, 0.2) is 0 Å². The van der Waals surface area contributed by atoms with Gasteiger partial charge in [-0.15, -0.1) is 0 Å². The van der Waals surface area contributed by atoms with Gasteiger partial charge in [0.1, 0.15) is 5.82 Å². The molecule has 0 fully saturated rings. The second-order valence-electron chi connectivity index (χ2n) is 6.10. The van der Waals surface area contributed by atoms with Crippen LogP contribution in [0.15, 0.2) is 85.1 Å². The van der Waals surface area contributed by atoms with Gasteiger partial charge in [0.05, 0.1) is 11.0 Å². The highest BCUT2D eigenvalue weighted by Gasteiger charge is 2.05. The van der Waals surface area contributed by atoms with Gasteiger partial charge in [0, 0.05) is 22.7 Å². The van der Waals surface area contributed by atoms with Crippen LogP contribution in [0.25, 0.3) is 32.6 Å². The molecule has 3 heteroatoms. The monoisotopic (exact) mass is 321 g/mol. The molecule has 0 unspecified atom stereocenters.